The molecule has 0 amide bonds. The number of hydrogen-bond donors (Lipinski definition) is 0. The third-order valence-corrected chi connectivity index (χ3v) is 5.97. The zero-order chi connectivity index (χ0) is 16.0. The smallest absolute Gasteiger partial charge is 0.258 e. The number of rotatable bonds is 5. The average Bonchev–Trinajstić information content (AvgIpc) is 3.14. The quantitative estimate of drug-likeness (QED) is 0.704. The van der Waals surface area contributed by atoms with E-state index in [1.165, 1.54) is 11.3 Å². The molecule has 1 saturated carbocycles. The Hall–Kier alpha value is -1.67. The number of aromatic nitrogens is 4. The SMILES string of the molecule is Cc1csc2nc(CS[C@@H](C)c3nc(C4CC4)no3)cc(=O)n12. The third-order valence-electron chi connectivity index (χ3n) is 3.86. The Morgan fingerprint density at radius 3 is 3.09 bits per heavy atom. The monoisotopic (exact) mass is 348 g/mol. The van der Waals surface area contributed by atoms with E-state index in [1.807, 2.05) is 19.2 Å². The summed E-state index contributed by atoms with van der Waals surface area (Å²) in [6.45, 7) is 3.95. The number of thioether (sulfide) groups is 1. The molecule has 3 heterocycles. The van der Waals surface area contributed by atoms with Gasteiger partial charge in [0.2, 0.25) is 5.89 Å². The van der Waals surface area contributed by atoms with Gasteiger partial charge in [0.05, 0.1) is 10.9 Å². The van der Waals surface area contributed by atoms with Gasteiger partial charge in [-0.25, -0.2) is 4.98 Å². The van der Waals surface area contributed by atoms with E-state index >= 15 is 0 Å². The fourth-order valence-corrected chi connectivity index (χ4v) is 4.07. The lowest BCUT2D eigenvalue weighted by Crippen LogP contribution is -2.14. The molecule has 0 aliphatic heterocycles. The van der Waals surface area contributed by atoms with Gasteiger partial charge in [-0.2, -0.15) is 4.98 Å². The van der Waals surface area contributed by atoms with Crippen LogP contribution in [0.1, 0.15) is 54.0 Å². The zero-order valence-electron chi connectivity index (χ0n) is 12.9. The van der Waals surface area contributed by atoms with Crippen molar-refractivity contribution >= 4 is 28.1 Å². The second-order valence-corrected chi connectivity index (χ2v) is 7.96. The predicted octanol–water partition coefficient (Wildman–Crippen LogP) is 3.32. The molecular weight excluding hydrogens is 332 g/mol. The molecule has 0 spiro atoms. The van der Waals surface area contributed by atoms with Gasteiger partial charge in [-0.1, -0.05) is 5.16 Å². The first-order valence-electron chi connectivity index (χ1n) is 7.53. The molecule has 1 aliphatic carbocycles. The highest BCUT2D eigenvalue weighted by molar-refractivity contribution is 7.98. The fraction of sp³-hybridized carbons (Fsp3) is 0.467. The van der Waals surface area contributed by atoms with Gasteiger partial charge in [-0.15, -0.1) is 23.1 Å². The van der Waals surface area contributed by atoms with Crippen molar-refractivity contribution in [1.82, 2.24) is 19.5 Å². The van der Waals surface area contributed by atoms with Crippen LogP contribution >= 0.6 is 23.1 Å². The number of thiazole rings is 1. The van der Waals surface area contributed by atoms with Crippen molar-refractivity contribution in [3.63, 3.8) is 0 Å². The lowest BCUT2D eigenvalue weighted by atomic mass is 10.4. The first-order valence-corrected chi connectivity index (χ1v) is 9.46. The summed E-state index contributed by atoms with van der Waals surface area (Å²) in [5.41, 5.74) is 1.69. The minimum absolute atomic E-state index is 0.0224. The molecule has 0 bridgehead atoms. The molecule has 1 aliphatic rings. The molecule has 1 atom stereocenters. The van der Waals surface area contributed by atoms with E-state index in [1.54, 1.807) is 22.2 Å². The van der Waals surface area contributed by atoms with E-state index < -0.39 is 0 Å². The first kappa shape index (κ1) is 14.9. The van der Waals surface area contributed by atoms with Crippen LogP contribution in [0.25, 0.3) is 4.96 Å². The first-order chi connectivity index (χ1) is 11.1. The predicted molar refractivity (Wildman–Crippen MR) is 90.1 cm³/mol. The Bertz CT molecular complexity index is 910. The van der Waals surface area contributed by atoms with Crippen molar-refractivity contribution in [1.29, 1.82) is 0 Å². The van der Waals surface area contributed by atoms with Crippen LogP contribution in [0.5, 0.6) is 0 Å². The minimum Gasteiger partial charge on any atom is -0.338 e. The van der Waals surface area contributed by atoms with Crippen molar-refractivity contribution in [3.8, 4) is 0 Å². The Kier molecular flexibility index (Phi) is 3.73. The molecule has 23 heavy (non-hydrogen) atoms. The molecule has 0 radical (unpaired) electrons. The van der Waals surface area contributed by atoms with E-state index in [-0.39, 0.29) is 10.8 Å². The van der Waals surface area contributed by atoms with Crippen LogP contribution in [-0.2, 0) is 5.75 Å². The summed E-state index contributed by atoms with van der Waals surface area (Å²) in [5.74, 6) is 2.63. The standard InChI is InChI=1S/C15H16N4O2S2/c1-8-6-23-15-16-11(5-12(20)19(8)15)7-22-9(2)14-17-13(18-21-14)10-3-4-10/h5-6,9-10H,3-4,7H2,1-2H3/t9-/m0/s1. The molecule has 0 aromatic carbocycles. The Balaban J connectivity index is 1.48. The lowest BCUT2D eigenvalue weighted by Gasteiger charge is -2.06. The number of hydrogen-bond acceptors (Lipinski definition) is 7. The Morgan fingerprint density at radius 2 is 2.30 bits per heavy atom. The number of fused-ring (bicyclic) bond motifs is 1. The molecule has 3 aromatic heterocycles. The van der Waals surface area contributed by atoms with Crippen molar-refractivity contribution in [3.05, 3.63) is 44.9 Å². The van der Waals surface area contributed by atoms with Gasteiger partial charge in [-0.05, 0) is 26.7 Å². The van der Waals surface area contributed by atoms with Gasteiger partial charge in [0.15, 0.2) is 10.8 Å². The minimum atomic E-state index is -0.0224. The third kappa shape index (κ3) is 2.92. The van der Waals surface area contributed by atoms with Gasteiger partial charge < -0.3 is 4.52 Å². The van der Waals surface area contributed by atoms with E-state index in [2.05, 4.69) is 15.1 Å². The highest BCUT2D eigenvalue weighted by atomic mass is 32.2. The van der Waals surface area contributed by atoms with E-state index in [0.717, 1.165) is 35.0 Å². The van der Waals surface area contributed by atoms with Crippen LogP contribution in [-0.4, -0.2) is 19.5 Å². The normalized spacial score (nSPS) is 16.1. The van der Waals surface area contributed by atoms with Gasteiger partial charge in [-0.3, -0.25) is 9.20 Å². The summed E-state index contributed by atoms with van der Waals surface area (Å²) < 4.78 is 6.99. The Labute approximate surface area is 140 Å². The number of aryl methyl sites for hydroxylation is 1. The van der Waals surface area contributed by atoms with Gasteiger partial charge in [0.1, 0.15) is 0 Å². The van der Waals surface area contributed by atoms with Crippen LogP contribution in [0.2, 0.25) is 0 Å². The molecule has 120 valence electrons. The van der Waals surface area contributed by atoms with E-state index in [4.69, 9.17) is 4.52 Å². The summed E-state index contributed by atoms with van der Waals surface area (Å²) in [7, 11) is 0. The molecule has 3 aromatic rings. The second kappa shape index (κ2) is 5.76. The van der Waals surface area contributed by atoms with Crippen molar-refractivity contribution in [2.75, 3.05) is 0 Å². The Morgan fingerprint density at radius 1 is 1.48 bits per heavy atom. The van der Waals surface area contributed by atoms with Gasteiger partial charge in [0, 0.05) is 28.8 Å². The molecule has 1 fully saturated rings. The van der Waals surface area contributed by atoms with Gasteiger partial charge >= 0.3 is 0 Å². The maximum atomic E-state index is 12.2. The molecule has 6 nitrogen and oxygen atoms in total. The summed E-state index contributed by atoms with van der Waals surface area (Å²) >= 11 is 3.14. The van der Waals surface area contributed by atoms with Crippen molar-refractivity contribution in [2.45, 2.75) is 43.6 Å². The summed E-state index contributed by atoms with van der Waals surface area (Å²) in [4.78, 5) is 21.9. The molecule has 0 unspecified atom stereocenters. The average molecular weight is 348 g/mol. The second-order valence-electron chi connectivity index (χ2n) is 5.80. The fourth-order valence-electron chi connectivity index (χ4n) is 2.38. The maximum Gasteiger partial charge on any atom is 0.258 e. The summed E-state index contributed by atoms with van der Waals surface area (Å²) in [5, 5.41) is 6.07. The molecular formula is C15H16N4O2S2. The summed E-state index contributed by atoms with van der Waals surface area (Å²) in [6, 6.07) is 1.61. The van der Waals surface area contributed by atoms with Crippen LogP contribution in [0.4, 0.5) is 0 Å². The molecule has 0 N–H and O–H groups in total. The van der Waals surface area contributed by atoms with Crippen LogP contribution in [0.15, 0.2) is 20.8 Å². The van der Waals surface area contributed by atoms with E-state index in [9.17, 15) is 4.79 Å². The highest BCUT2D eigenvalue weighted by Gasteiger charge is 2.29. The maximum absolute atomic E-state index is 12.2. The van der Waals surface area contributed by atoms with Crippen molar-refractivity contribution in [2.24, 2.45) is 0 Å². The van der Waals surface area contributed by atoms with E-state index in [0.29, 0.717) is 17.6 Å². The molecule has 8 heteroatoms. The topological polar surface area (TPSA) is 73.3 Å². The van der Waals surface area contributed by atoms with Crippen LogP contribution in [0, 0.1) is 6.92 Å². The van der Waals surface area contributed by atoms with Gasteiger partial charge in [0.25, 0.3) is 5.56 Å². The molecule has 4 rings (SSSR count). The summed E-state index contributed by atoms with van der Waals surface area (Å²) in [6.07, 6.45) is 2.32. The van der Waals surface area contributed by atoms with Crippen LogP contribution < -0.4 is 5.56 Å². The lowest BCUT2D eigenvalue weighted by molar-refractivity contribution is 0.375. The number of nitrogens with zero attached hydrogens (tertiary/aromatic N) is 4. The largest absolute Gasteiger partial charge is 0.338 e. The van der Waals surface area contributed by atoms with Crippen molar-refractivity contribution < 1.29 is 4.52 Å². The van der Waals surface area contributed by atoms with Crippen LogP contribution in [0.3, 0.4) is 0 Å². The highest BCUT2D eigenvalue weighted by Crippen LogP contribution is 2.39. The zero-order valence-corrected chi connectivity index (χ0v) is 14.5. The molecule has 0 saturated heterocycles.